The number of nitrogens with one attached hydrogen (secondary N) is 2. The molecule has 2 aliphatic rings. The summed E-state index contributed by atoms with van der Waals surface area (Å²) in [6.07, 6.45) is 0.179. The fraction of sp³-hybridized carbons (Fsp3) is 0.267. The molecule has 3 rings (SSSR count). The van der Waals surface area contributed by atoms with Crippen molar-refractivity contribution in [2.75, 3.05) is 6.54 Å². The molecule has 2 aliphatic heterocycles. The monoisotopic (exact) mass is 360 g/mol. The molecule has 0 radical (unpaired) electrons. The van der Waals surface area contributed by atoms with Crippen LogP contribution in [0.4, 0.5) is 5.69 Å². The fourth-order valence-electron chi connectivity index (χ4n) is 2.75. The Labute approximate surface area is 145 Å². The number of amides is 5. The number of nitrogens with zero attached hydrogens (tertiary/aromatic N) is 2. The number of piperidine rings is 1. The summed E-state index contributed by atoms with van der Waals surface area (Å²) < 4.78 is 0. The standard InChI is InChI=1S/C15H12N4O7/c20-11-4-3-10(13(22)17-11)16-12(21)6-18-14(23)8-2-1-7(19(25)26)5-9(8)15(18)24/h1-2,5,10H,3-4,6H2,(H,16,21)(H,17,20,22). The molecule has 0 aromatic heterocycles. The van der Waals surface area contributed by atoms with Crippen molar-refractivity contribution < 1.29 is 28.9 Å². The molecule has 1 unspecified atom stereocenters. The number of nitro benzene ring substituents is 1. The summed E-state index contributed by atoms with van der Waals surface area (Å²) in [5.41, 5.74) is -0.535. The number of rotatable bonds is 4. The highest BCUT2D eigenvalue weighted by Crippen LogP contribution is 2.26. The van der Waals surface area contributed by atoms with Gasteiger partial charge in [-0.1, -0.05) is 0 Å². The van der Waals surface area contributed by atoms with Crippen molar-refractivity contribution in [2.45, 2.75) is 18.9 Å². The Kier molecular flexibility index (Phi) is 4.20. The molecular weight excluding hydrogens is 348 g/mol. The number of carbonyl (C=O) groups excluding carboxylic acids is 5. The van der Waals surface area contributed by atoms with E-state index in [9.17, 15) is 34.1 Å². The predicted octanol–water partition coefficient (Wildman–Crippen LogP) is -0.888. The van der Waals surface area contributed by atoms with E-state index in [1.165, 1.54) is 0 Å². The Balaban J connectivity index is 1.70. The third-order valence-corrected chi connectivity index (χ3v) is 4.04. The molecule has 2 N–H and O–H groups in total. The van der Waals surface area contributed by atoms with Crippen LogP contribution in [0.1, 0.15) is 33.6 Å². The van der Waals surface area contributed by atoms with Gasteiger partial charge in [0.15, 0.2) is 0 Å². The van der Waals surface area contributed by atoms with Crippen LogP contribution in [0.15, 0.2) is 18.2 Å². The van der Waals surface area contributed by atoms with Crippen LogP contribution in [0.3, 0.4) is 0 Å². The Morgan fingerprint density at radius 3 is 2.58 bits per heavy atom. The topological polar surface area (TPSA) is 156 Å². The third-order valence-electron chi connectivity index (χ3n) is 4.04. The SMILES string of the molecule is O=C1CCC(NC(=O)CN2C(=O)c3ccc([N+](=O)[O-])cc3C2=O)C(=O)N1. The molecule has 1 aromatic carbocycles. The van der Waals surface area contributed by atoms with Crippen LogP contribution in [0.25, 0.3) is 0 Å². The van der Waals surface area contributed by atoms with Gasteiger partial charge in [-0.3, -0.25) is 44.3 Å². The molecule has 1 saturated heterocycles. The molecule has 5 amide bonds. The minimum absolute atomic E-state index is 0.0330. The molecule has 134 valence electrons. The molecule has 1 aromatic rings. The van der Waals surface area contributed by atoms with Gasteiger partial charge in [0.2, 0.25) is 17.7 Å². The summed E-state index contributed by atoms with van der Waals surface area (Å²) in [7, 11) is 0. The number of carbonyl (C=O) groups is 5. The van der Waals surface area contributed by atoms with Gasteiger partial charge in [-0.25, -0.2) is 0 Å². The second kappa shape index (κ2) is 6.35. The molecule has 0 bridgehead atoms. The molecular formula is C15H12N4O7. The van der Waals surface area contributed by atoms with Crippen LogP contribution in [-0.2, 0) is 14.4 Å². The van der Waals surface area contributed by atoms with Gasteiger partial charge in [-0.2, -0.15) is 0 Å². The zero-order valence-corrected chi connectivity index (χ0v) is 13.2. The van der Waals surface area contributed by atoms with E-state index in [1.807, 2.05) is 0 Å². The zero-order valence-electron chi connectivity index (χ0n) is 13.2. The molecule has 2 heterocycles. The van der Waals surface area contributed by atoms with Gasteiger partial charge in [0.05, 0.1) is 16.1 Å². The maximum atomic E-state index is 12.3. The van der Waals surface area contributed by atoms with E-state index >= 15 is 0 Å². The number of hydrogen-bond acceptors (Lipinski definition) is 7. The Morgan fingerprint density at radius 2 is 1.92 bits per heavy atom. The number of fused-ring (bicyclic) bond motifs is 1. The van der Waals surface area contributed by atoms with Crippen LogP contribution in [0, 0.1) is 10.1 Å². The van der Waals surface area contributed by atoms with Crippen LogP contribution in [-0.4, -0.2) is 51.9 Å². The lowest BCUT2D eigenvalue weighted by Crippen LogP contribution is -2.54. The minimum atomic E-state index is -0.934. The molecule has 26 heavy (non-hydrogen) atoms. The van der Waals surface area contributed by atoms with Crippen LogP contribution < -0.4 is 10.6 Å². The van der Waals surface area contributed by atoms with E-state index in [0.29, 0.717) is 4.90 Å². The maximum Gasteiger partial charge on any atom is 0.270 e. The van der Waals surface area contributed by atoms with Crippen molar-refractivity contribution in [1.29, 1.82) is 0 Å². The summed E-state index contributed by atoms with van der Waals surface area (Å²) >= 11 is 0. The van der Waals surface area contributed by atoms with Gasteiger partial charge in [0.25, 0.3) is 17.5 Å². The highest BCUT2D eigenvalue weighted by molar-refractivity contribution is 6.22. The van der Waals surface area contributed by atoms with Gasteiger partial charge in [-0.15, -0.1) is 0 Å². The summed E-state index contributed by atoms with van der Waals surface area (Å²) in [6.45, 7) is -0.641. The normalized spacial score (nSPS) is 19.2. The lowest BCUT2D eigenvalue weighted by molar-refractivity contribution is -0.384. The fourth-order valence-corrected chi connectivity index (χ4v) is 2.75. The van der Waals surface area contributed by atoms with Gasteiger partial charge in [0.1, 0.15) is 12.6 Å². The van der Waals surface area contributed by atoms with Crippen molar-refractivity contribution in [2.24, 2.45) is 0 Å². The Hall–Kier alpha value is -3.63. The van der Waals surface area contributed by atoms with Gasteiger partial charge in [0, 0.05) is 18.6 Å². The first-order valence-corrected chi connectivity index (χ1v) is 7.55. The second-order valence-electron chi connectivity index (χ2n) is 5.75. The number of benzene rings is 1. The summed E-state index contributed by atoms with van der Waals surface area (Å²) in [6, 6.07) is 2.30. The molecule has 1 atom stereocenters. The minimum Gasteiger partial charge on any atom is -0.343 e. The van der Waals surface area contributed by atoms with Gasteiger partial charge >= 0.3 is 0 Å². The van der Waals surface area contributed by atoms with Crippen LogP contribution in [0.5, 0.6) is 0 Å². The van der Waals surface area contributed by atoms with E-state index in [0.717, 1.165) is 18.2 Å². The first-order valence-electron chi connectivity index (χ1n) is 7.55. The third kappa shape index (κ3) is 3.01. The van der Waals surface area contributed by atoms with Crippen molar-refractivity contribution in [1.82, 2.24) is 15.5 Å². The summed E-state index contributed by atoms with van der Waals surface area (Å²) in [5.74, 6) is -3.44. The quantitative estimate of drug-likeness (QED) is 0.401. The Bertz CT molecular complexity index is 879. The van der Waals surface area contributed by atoms with Gasteiger partial charge in [-0.05, 0) is 12.5 Å². The lowest BCUT2D eigenvalue weighted by Gasteiger charge is -2.22. The highest BCUT2D eigenvalue weighted by Gasteiger charge is 2.38. The first kappa shape index (κ1) is 17.2. The van der Waals surface area contributed by atoms with E-state index < -0.39 is 47.0 Å². The van der Waals surface area contributed by atoms with Crippen molar-refractivity contribution >= 4 is 35.2 Å². The van der Waals surface area contributed by atoms with Crippen LogP contribution >= 0.6 is 0 Å². The number of imide groups is 2. The predicted molar refractivity (Wildman–Crippen MR) is 82.8 cm³/mol. The smallest absolute Gasteiger partial charge is 0.270 e. The van der Waals surface area contributed by atoms with Gasteiger partial charge < -0.3 is 5.32 Å². The molecule has 1 fully saturated rings. The van der Waals surface area contributed by atoms with E-state index in [1.54, 1.807) is 0 Å². The van der Waals surface area contributed by atoms with E-state index in [-0.39, 0.29) is 29.7 Å². The second-order valence-corrected chi connectivity index (χ2v) is 5.75. The molecule has 0 aliphatic carbocycles. The molecule has 11 heteroatoms. The molecule has 11 nitrogen and oxygen atoms in total. The molecule has 0 spiro atoms. The number of nitro groups is 1. The molecule has 0 saturated carbocycles. The average Bonchev–Trinajstić information content (AvgIpc) is 2.82. The first-order chi connectivity index (χ1) is 12.3. The lowest BCUT2D eigenvalue weighted by atomic mass is 10.1. The number of non-ortho nitro benzene ring substituents is 1. The Morgan fingerprint density at radius 1 is 1.23 bits per heavy atom. The van der Waals surface area contributed by atoms with Crippen LogP contribution in [0.2, 0.25) is 0 Å². The van der Waals surface area contributed by atoms with E-state index in [2.05, 4.69) is 10.6 Å². The number of hydrogen-bond donors (Lipinski definition) is 2. The average molecular weight is 360 g/mol. The zero-order chi connectivity index (χ0) is 19.0. The summed E-state index contributed by atoms with van der Waals surface area (Å²) in [5, 5.41) is 15.2. The largest absolute Gasteiger partial charge is 0.343 e. The van der Waals surface area contributed by atoms with E-state index in [4.69, 9.17) is 0 Å². The van der Waals surface area contributed by atoms with Crippen molar-refractivity contribution in [3.05, 3.63) is 39.4 Å². The van der Waals surface area contributed by atoms with Crippen molar-refractivity contribution in [3.8, 4) is 0 Å². The highest BCUT2D eigenvalue weighted by atomic mass is 16.6. The maximum absolute atomic E-state index is 12.3. The summed E-state index contributed by atoms with van der Waals surface area (Å²) in [4.78, 5) is 70.1. The van der Waals surface area contributed by atoms with Crippen molar-refractivity contribution in [3.63, 3.8) is 0 Å².